The first-order valence-corrected chi connectivity index (χ1v) is 11.1. The molecule has 3 aromatic heterocycles. The molecular weight excluding hydrogens is 446 g/mol. The summed E-state index contributed by atoms with van der Waals surface area (Å²) in [6.07, 6.45) is 3.02. The van der Waals surface area contributed by atoms with Gasteiger partial charge >= 0.3 is 0 Å². The van der Waals surface area contributed by atoms with E-state index in [-0.39, 0.29) is 19.0 Å². The minimum Gasteiger partial charge on any atom is -0.467 e. The maximum Gasteiger partial charge on any atom is 0.251 e. The molecule has 1 atom stereocenters. The second kappa shape index (κ2) is 9.68. The van der Waals surface area contributed by atoms with Crippen LogP contribution in [0.15, 0.2) is 94.2 Å². The lowest BCUT2D eigenvalue weighted by Crippen LogP contribution is -2.45. The van der Waals surface area contributed by atoms with E-state index < -0.39 is 11.9 Å². The Morgan fingerprint density at radius 3 is 2.60 bits per heavy atom. The number of carbonyl (C=O) groups excluding carboxylic acids is 2. The van der Waals surface area contributed by atoms with E-state index in [4.69, 9.17) is 8.83 Å². The van der Waals surface area contributed by atoms with Gasteiger partial charge in [-0.05, 0) is 61.0 Å². The van der Waals surface area contributed by atoms with Crippen LogP contribution in [0.2, 0.25) is 0 Å². The number of nitrogens with one attached hydrogen (secondary N) is 1. The van der Waals surface area contributed by atoms with Crippen LogP contribution in [0.4, 0.5) is 5.69 Å². The molecule has 9 nitrogen and oxygen atoms in total. The first kappa shape index (κ1) is 22.1. The van der Waals surface area contributed by atoms with E-state index in [1.807, 2.05) is 49.4 Å². The van der Waals surface area contributed by atoms with Gasteiger partial charge < -0.3 is 14.2 Å². The molecule has 0 spiro atoms. The lowest BCUT2D eigenvalue weighted by Gasteiger charge is -2.30. The largest absolute Gasteiger partial charge is 0.467 e. The van der Waals surface area contributed by atoms with Gasteiger partial charge in [-0.3, -0.25) is 14.5 Å². The van der Waals surface area contributed by atoms with Crippen molar-refractivity contribution in [2.24, 2.45) is 0 Å². The Balaban J connectivity index is 1.52. The van der Waals surface area contributed by atoms with Crippen LogP contribution in [-0.2, 0) is 22.7 Å². The van der Waals surface area contributed by atoms with Gasteiger partial charge in [-0.1, -0.05) is 29.5 Å². The number of benzene rings is 2. The van der Waals surface area contributed by atoms with Crippen LogP contribution in [0.5, 0.6) is 0 Å². The molecule has 1 unspecified atom stereocenters. The summed E-state index contributed by atoms with van der Waals surface area (Å²) in [6, 6.07) is 20.6. The van der Waals surface area contributed by atoms with Gasteiger partial charge in [-0.15, -0.1) is 5.10 Å². The molecule has 5 rings (SSSR count). The molecule has 0 aliphatic heterocycles. The van der Waals surface area contributed by atoms with Crippen molar-refractivity contribution in [3.63, 3.8) is 0 Å². The number of aryl methyl sites for hydroxylation is 1. The summed E-state index contributed by atoms with van der Waals surface area (Å²) in [5, 5.41) is 11.1. The van der Waals surface area contributed by atoms with Gasteiger partial charge in [0.15, 0.2) is 6.04 Å². The molecule has 0 aliphatic rings. The van der Waals surface area contributed by atoms with Gasteiger partial charge in [0.1, 0.15) is 23.6 Å². The van der Waals surface area contributed by atoms with Crippen molar-refractivity contribution in [2.75, 3.05) is 4.90 Å². The molecule has 0 fully saturated rings. The smallest absolute Gasteiger partial charge is 0.251 e. The highest BCUT2D eigenvalue weighted by Gasteiger charge is 2.35. The SMILES string of the molecule is Cc1cccc(N(C(=O)Cn2nnc3ccccc32)C(C(=O)NCc2ccco2)c2ccco2)c1. The first-order chi connectivity index (χ1) is 17.1. The molecular formula is C26H23N5O4. The van der Waals surface area contributed by atoms with Gasteiger partial charge in [-0.2, -0.15) is 0 Å². The van der Waals surface area contributed by atoms with Gasteiger partial charge in [0.05, 0.1) is 24.6 Å². The fourth-order valence-electron chi connectivity index (χ4n) is 3.96. The van der Waals surface area contributed by atoms with E-state index in [0.29, 0.717) is 22.7 Å². The summed E-state index contributed by atoms with van der Waals surface area (Å²) in [5.74, 6) is 0.176. The monoisotopic (exact) mass is 469 g/mol. The highest BCUT2D eigenvalue weighted by Crippen LogP contribution is 2.30. The fourth-order valence-corrected chi connectivity index (χ4v) is 3.96. The summed E-state index contributed by atoms with van der Waals surface area (Å²) in [5.41, 5.74) is 2.91. The van der Waals surface area contributed by atoms with Crippen LogP contribution in [-0.4, -0.2) is 26.8 Å². The zero-order valence-electron chi connectivity index (χ0n) is 19.0. The molecule has 3 heterocycles. The van der Waals surface area contributed by atoms with Crippen molar-refractivity contribution in [3.8, 4) is 0 Å². The summed E-state index contributed by atoms with van der Waals surface area (Å²) < 4.78 is 12.5. The molecule has 5 aromatic rings. The Labute approximate surface area is 200 Å². The van der Waals surface area contributed by atoms with Crippen molar-refractivity contribution in [3.05, 3.63) is 102 Å². The third-order valence-corrected chi connectivity index (χ3v) is 5.59. The number of hydrogen-bond acceptors (Lipinski definition) is 6. The van der Waals surface area contributed by atoms with Crippen molar-refractivity contribution >= 4 is 28.5 Å². The average Bonchev–Trinajstić information content (AvgIpc) is 3.64. The van der Waals surface area contributed by atoms with Gasteiger partial charge in [-0.25, -0.2) is 4.68 Å². The number of anilines is 1. The Hall–Kier alpha value is -4.66. The van der Waals surface area contributed by atoms with Crippen LogP contribution in [0.1, 0.15) is 23.1 Å². The molecule has 35 heavy (non-hydrogen) atoms. The topological polar surface area (TPSA) is 106 Å². The minimum atomic E-state index is -1.05. The molecule has 2 aromatic carbocycles. The van der Waals surface area contributed by atoms with E-state index in [0.717, 1.165) is 11.1 Å². The average molecular weight is 470 g/mol. The van der Waals surface area contributed by atoms with E-state index >= 15 is 0 Å². The Morgan fingerprint density at radius 1 is 1.00 bits per heavy atom. The molecule has 0 saturated heterocycles. The van der Waals surface area contributed by atoms with Crippen LogP contribution in [0.25, 0.3) is 11.0 Å². The van der Waals surface area contributed by atoms with Crippen molar-refractivity contribution in [1.29, 1.82) is 0 Å². The molecule has 1 N–H and O–H groups in total. The maximum atomic E-state index is 13.8. The zero-order valence-corrected chi connectivity index (χ0v) is 19.0. The predicted octanol–water partition coefficient (Wildman–Crippen LogP) is 4.02. The lowest BCUT2D eigenvalue weighted by atomic mass is 10.1. The number of rotatable bonds is 8. The van der Waals surface area contributed by atoms with Crippen LogP contribution >= 0.6 is 0 Å². The number of nitrogens with zero attached hydrogens (tertiary/aromatic N) is 4. The summed E-state index contributed by atoms with van der Waals surface area (Å²) in [7, 11) is 0. The molecule has 0 saturated carbocycles. The second-order valence-corrected chi connectivity index (χ2v) is 8.05. The number of hydrogen-bond donors (Lipinski definition) is 1. The molecule has 176 valence electrons. The van der Waals surface area contributed by atoms with Crippen LogP contribution in [0.3, 0.4) is 0 Å². The van der Waals surface area contributed by atoms with Crippen molar-refractivity contribution < 1.29 is 18.4 Å². The molecule has 0 aliphatic carbocycles. The third kappa shape index (κ3) is 4.70. The Bertz CT molecular complexity index is 1440. The highest BCUT2D eigenvalue weighted by molar-refractivity contribution is 6.01. The van der Waals surface area contributed by atoms with E-state index in [1.54, 1.807) is 30.3 Å². The number of aromatic nitrogens is 3. The number of fused-ring (bicyclic) bond motifs is 1. The molecule has 0 radical (unpaired) electrons. The molecule has 2 amide bonds. The lowest BCUT2D eigenvalue weighted by molar-refractivity contribution is -0.127. The maximum absolute atomic E-state index is 13.8. The quantitative estimate of drug-likeness (QED) is 0.368. The van der Waals surface area contributed by atoms with E-state index in [9.17, 15) is 9.59 Å². The third-order valence-electron chi connectivity index (χ3n) is 5.59. The number of carbonyl (C=O) groups is 2. The Kier molecular flexibility index (Phi) is 6.13. The molecule has 9 heteroatoms. The van der Waals surface area contributed by atoms with Gasteiger partial charge in [0.25, 0.3) is 5.91 Å². The highest BCUT2D eigenvalue weighted by atomic mass is 16.3. The summed E-state index contributed by atoms with van der Waals surface area (Å²) in [4.78, 5) is 28.8. The normalized spacial score (nSPS) is 11.9. The zero-order chi connectivity index (χ0) is 24.2. The second-order valence-electron chi connectivity index (χ2n) is 8.05. The van der Waals surface area contributed by atoms with Crippen LogP contribution in [0, 0.1) is 6.92 Å². The van der Waals surface area contributed by atoms with Crippen molar-refractivity contribution in [2.45, 2.75) is 26.1 Å². The Morgan fingerprint density at radius 2 is 1.83 bits per heavy atom. The van der Waals surface area contributed by atoms with E-state index in [2.05, 4.69) is 15.6 Å². The predicted molar refractivity (Wildman–Crippen MR) is 128 cm³/mol. The number of amides is 2. The van der Waals surface area contributed by atoms with Crippen molar-refractivity contribution in [1.82, 2.24) is 20.3 Å². The van der Waals surface area contributed by atoms with Gasteiger partial charge in [0.2, 0.25) is 5.91 Å². The first-order valence-electron chi connectivity index (χ1n) is 11.1. The van der Waals surface area contributed by atoms with E-state index in [1.165, 1.54) is 22.1 Å². The summed E-state index contributed by atoms with van der Waals surface area (Å²) >= 11 is 0. The van der Waals surface area contributed by atoms with Gasteiger partial charge in [0, 0.05) is 5.69 Å². The number of furan rings is 2. The minimum absolute atomic E-state index is 0.114. The van der Waals surface area contributed by atoms with Crippen LogP contribution < -0.4 is 10.2 Å². The number of para-hydroxylation sites is 1. The summed E-state index contributed by atoms with van der Waals surface area (Å²) in [6.45, 7) is 1.99. The molecule has 0 bridgehead atoms. The fraction of sp³-hybridized carbons (Fsp3) is 0.154. The standard InChI is InChI=1S/C26H23N5O4/c1-18-7-4-8-19(15-18)31(24(32)17-30-22-11-3-2-10-21(22)28-29-30)25(23-12-6-14-35-23)26(33)27-16-20-9-5-13-34-20/h2-15,25H,16-17H2,1H3,(H,27,33).